The van der Waals surface area contributed by atoms with E-state index in [9.17, 15) is 9.59 Å². The molecule has 1 heterocycles. The van der Waals surface area contributed by atoms with Crippen LogP contribution in [0.15, 0.2) is 42.5 Å². The predicted molar refractivity (Wildman–Crippen MR) is 141 cm³/mol. The zero-order valence-corrected chi connectivity index (χ0v) is 22.3. The zero-order valence-electron chi connectivity index (χ0n) is 21.6. The third-order valence-corrected chi connectivity index (χ3v) is 6.73. The number of rotatable bonds is 8. The van der Waals surface area contributed by atoms with Gasteiger partial charge in [0.05, 0.1) is 13.5 Å². The number of halogens is 1. The maximum Gasteiger partial charge on any atom is 0.303 e. The number of carboxylic acids is 1. The minimum absolute atomic E-state index is 0.190. The third-order valence-electron chi connectivity index (χ3n) is 6.49. The summed E-state index contributed by atoms with van der Waals surface area (Å²) in [6.45, 7) is 11.6. The molecule has 0 spiro atoms. The summed E-state index contributed by atoms with van der Waals surface area (Å²) in [5, 5.41) is 8.51. The van der Waals surface area contributed by atoms with Crippen molar-refractivity contribution in [3.8, 4) is 5.75 Å². The minimum Gasteiger partial charge on any atom is -0.497 e. The molecular formula is C28H39ClN2O4. The number of benzene rings is 2. The molecule has 0 radical (unpaired) electrons. The van der Waals surface area contributed by atoms with Gasteiger partial charge in [-0.25, -0.2) is 0 Å². The molecule has 6 nitrogen and oxygen atoms in total. The normalized spacial score (nSPS) is 16.7. The minimum atomic E-state index is -0.745. The number of carbonyl (C=O) groups is 2. The van der Waals surface area contributed by atoms with Crippen LogP contribution in [0.2, 0.25) is 5.02 Å². The number of carboxylic acid groups (broad SMARTS) is 1. The van der Waals surface area contributed by atoms with Crippen LogP contribution in [0.1, 0.15) is 63.1 Å². The summed E-state index contributed by atoms with van der Waals surface area (Å²) < 4.78 is 5.20. The molecule has 2 aromatic rings. The molecule has 3 rings (SSSR count). The number of hydrogen-bond acceptors (Lipinski definition) is 4. The first-order valence-corrected chi connectivity index (χ1v) is 12.7. The summed E-state index contributed by atoms with van der Waals surface area (Å²) >= 11 is 6.29. The predicted octanol–water partition coefficient (Wildman–Crippen LogP) is 5.62. The highest BCUT2D eigenvalue weighted by molar-refractivity contribution is 6.30. The first-order valence-electron chi connectivity index (χ1n) is 12.3. The van der Waals surface area contributed by atoms with Crippen molar-refractivity contribution in [3.05, 3.63) is 64.2 Å². The maximum atomic E-state index is 12.9. The molecule has 0 aromatic heterocycles. The Bertz CT molecular complexity index is 964. The van der Waals surface area contributed by atoms with Gasteiger partial charge in [-0.1, -0.05) is 50.6 Å². The first kappa shape index (κ1) is 28.7. The van der Waals surface area contributed by atoms with Crippen LogP contribution < -0.4 is 4.74 Å². The SMILES string of the molecule is CCC(=O)O.CCC(C)c1ccc(Cl)cc1CN1CCN(C(=O)Cc2ccc(OC)cc2)C(C)C1. The van der Waals surface area contributed by atoms with Crippen molar-refractivity contribution >= 4 is 23.5 Å². The molecule has 7 heteroatoms. The van der Waals surface area contributed by atoms with E-state index < -0.39 is 5.97 Å². The standard InChI is InChI=1S/C25H33ClN2O2.C3H6O2/c1-5-18(2)24-11-8-22(26)15-21(24)17-27-12-13-28(19(3)16-27)25(29)14-20-6-9-23(30-4)10-7-20;1-2-3(4)5/h6-11,15,18-19H,5,12-14,16-17H2,1-4H3;2H2,1H3,(H,4,5). The molecule has 2 unspecified atom stereocenters. The molecule has 1 aliphatic heterocycles. The lowest BCUT2D eigenvalue weighted by Gasteiger charge is -2.40. The van der Waals surface area contributed by atoms with Gasteiger partial charge in [0.15, 0.2) is 0 Å². The van der Waals surface area contributed by atoms with E-state index in [1.165, 1.54) is 11.1 Å². The number of piperazine rings is 1. The van der Waals surface area contributed by atoms with Crippen molar-refractivity contribution < 1.29 is 19.4 Å². The molecule has 0 aliphatic carbocycles. The van der Waals surface area contributed by atoms with Crippen LogP contribution in [0.4, 0.5) is 0 Å². The first-order chi connectivity index (χ1) is 16.7. The van der Waals surface area contributed by atoms with Gasteiger partial charge in [-0.3, -0.25) is 14.5 Å². The van der Waals surface area contributed by atoms with Gasteiger partial charge in [0.1, 0.15) is 5.75 Å². The molecule has 2 aromatic carbocycles. The van der Waals surface area contributed by atoms with Gasteiger partial charge in [0, 0.05) is 43.7 Å². The molecule has 0 bridgehead atoms. The Balaban J connectivity index is 0.000000784. The summed E-state index contributed by atoms with van der Waals surface area (Å²) in [4.78, 5) is 26.7. The van der Waals surface area contributed by atoms with Crippen LogP contribution in [0.5, 0.6) is 5.75 Å². The quantitative estimate of drug-likeness (QED) is 0.507. The summed E-state index contributed by atoms with van der Waals surface area (Å²) in [7, 11) is 1.65. The highest BCUT2D eigenvalue weighted by Gasteiger charge is 2.28. The second kappa shape index (κ2) is 14.1. The maximum absolute atomic E-state index is 12.9. The van der Waals surface area contributed by atoms with Crippen LogP contribution in [0.25, 0.3) is 0 Å². The van der Waals surface area contributed by atoms with E-state index in [1.54, 1.807) is 14.0 Å². The molecule has 1 fully saturated rings. The third kappa shape index (κ3) is 8.86. The van der Waals surface area contributed by atoms with Crippen LogP contribution in [0.3, 0.4) is 0 Å². The highest BCUT2D eigenvalue weighted by atomic mass is 35.5. The monoisotopic (exact) mass is 502 g/mol. The summed E-state index contributed by atoms with van der Waals surface area (Å²) in [6, 6.07) is 14.2. The Morgan fingerprint density at radius 1 is 1.14 bits per heavy atom. The smallest absolute Gasteiger partial charge is 0.303 e. The Morgan fingerprint density at radius 3 is 2.34 bits per heavy atom. The van der Waals surface area contributed by atoms with Gasteiger partial charge in [-0.15, -0.1) is 0 Å². The number of nitrogens with zero attached hydrogens (tertiary/aromatic N) is 2. The van der Waals surface area contributed by atoms with Crippen molar-refractivity contribution in [1.29, 1.82) is 0 Å². The molecule has 2 atom stereocenters. The van der Waals surface area contributed by atoms with E-state index in [4.69, 9.17) is 21.4 Å². The number of carbonyl (C=O) groups excluding carboxylic acids is 1. The fourth-order valence-electron chi connectivity index (χ4n) is 4.22. The van der Waals surface area contributed by atoms with Gasteiger partial charge in [0.2, 0.25) is 5.91 Å². The van der Waals surface area contributed by atoms with E-state index in [0.717, 1.165) is 48.9 Å². The summed E-state index contributed by atoms with van der Waals surface area (Å²) in [5.74, 6) is 0.772. The van der Waals surface area contributed by atoms with Gasteiger partial charge in [-0.05, 0) is 60.2 Å². The lowest BCUT2D eigenvalue weighted by atomic mass is 9.93. The molecule has 1 saturated heterocycles. The second-order valence-corrected chi connectivity index (χ2v) is 9.53. The molecule has 35 heavy (non-hydrogen) atoms. The number of ether oxygens (including phenoxy) is 1. The highest BCUT2D eigenvalue weighted by Crippen LogP contribution is 2.27. The number of amides is 1. The van der Waals surface area contributed by atoms with Crippen molar-refractivity contribution in [3.63, 3.8) is 0 Å². The van der Waals surface area contributed by atoms with E-state index in [2.05, 4.69) is 37.8 Å². The number of hydrogen-bond donors (Lipinski definition) is 1. The van der Waals surface area contributed by atoms with Crippen molar-refractivity contribution in [2.75, 3.05) is 26.7 Å². The topological polar surface area (TPSA) is 70.1 Å². The van der Waals surface area contributed by atoms with Gasteiger partial charge in [0.25, 0.3) is 0 Å². The average Bonchev–Trinajstić information content (AvgIpc) is 2.84. The summed E-state index contributed by atoms with van der Waals surface area (Å²) in [6.07, 6.45) is 1.76. The van der Waals surface area contributed by atoms with Gasteiger partial charge in [-0.2, -0.15) is 0 Å². The van der Waals surface area contributed by atoms with Crippen molar-refractivity contribution in [2.24, 2.45) is 0 Å². The Labute approximate surface area is 214 Å². The zero-order chi connectivity index (χ0) is 26.0. The molecule has 1 N–H and O–H groups in total. The second-order valence-electron chi connectivity index (χ2n) is 9.10. The van der Waals surface area contributed by atoms with Crippen LogP contribution in [0, 0.1) is 0 Å². The molecular weight excluding hydrogens is 464 g/mol. The Hall–Kier alpha value is -2.57. The van der Waals surface area contributed by atoms with E-state index in [-0.39, 0.29) is 18.4 Å². The van der Waals surface area contributed by atoms with Crippen molar-refractivity contribution in [1.82, 2.24) is 9.80 Å². The lowest BCUT2D eigenvalue weighted by Crippen LogP contribution is -2.54. The molecule has 1 aliphatic rings. The molecule has 0 saturated carbocycles. The molecule has 192 valence electrons. The Morgan fingerprint density at radius 2 is 1.80 bits per heavy atom. The van der Waals surface area contributed by atoms with Crippen LogP contribution in [-0.4, -0.2) is 59.6 Å². The average molecular weight is 503 g/mol. The number of aliphatic carboxylic acids is 1. The van der Waals surface area contributed by atoms with E-state index in [0.29, 0.717) is 12.3 Å². The van der Waals surface area contributed by atoms with Crippen LogP contribution >= 0.6 is 11.6 Å². The lowest BCUT2D eigenvalue weighted by molar-refractivity contribution is -0.137. The van der Waals surface area contributed by atoms with Crippen LogP contribution in [-0.2, 0) is 22.6 Å². The van der Waals surface area contributed by atoms with E-state index in [1.807, 2.05) is 35.2 Å². The largest absolute Gasteiger partial charge is 0.497 e. The Kier molecular flexibility index (Phi) is 11.5. The summed E-state index contributed by atoms with van der Waals surface area (Å²) in [5.41, 5.74) is 3.71. The van der Waals surface area contributed by atoms with E-state index >= 15 is 0 Å². The number of methoxy groups -OCH3 is 1. The molecule has 1 amide bonds. The fourth-order valence-corrected chi connectivity index (χ4v) is 4.41. The fraction of sp³-hybridized carbons (Fsp3) is 0.500. The van der Waals surface area contributed by atoms with Crippen molar-refractivity contribution in [2.45, 2.75) is 65.5 Å². The van der Waals surface area contributed by atoms with Gasteiger partial charge < -0.3 is 14.7 Å². The van der Waals surface area contributed by atoms with Gasteiger partial charge >= 0.3 is 5.97 Å².